The van der Waals surface area contributed by atoms with Crippen molar-refractivity contribution in [1.82, 2.24) is 0 Å². The summed E-state index contributed by atoms with van der Waals surface area (Å²) in [6, 6.07) is 26.7. The van der Waals surface area contributed by atoms with Gasteiger partial charge < -0.3 is 14.8 Å². The molecule has 0 heterocycles. The van der Waals surface area contributed by atoms with Gasteiger partial charge in [0.25, 0.3) is 15.7 Å². The smallest absolute Gasteiger partial charge is 0.271 e. The fourth-order valence-corrected chi connectivity index (χ4v) is 5.01. The zero-order chi connectivity index (χ0) is 27.1. The number of hydrogen-bond acceptors (Lipinski definition) is 7. The third-order valence-corrected chi connectivity index (χ3v) is 7.18. The molecule has 1 amide bonds. The van der Waals surface area contributed by atoms with Crippen LogP contribution in [0, 0.1) is 10.1 Å². The van der Waals surface area contributed by atoms with Gasteiger partial charge in [0.2, 0.25) is 5.91 Å². The van der Waals surface area contributed by atoms with Gasteiger partial charge in [0.15, 0.2) is 0 Å². The standard InChI is InChI=1S/C27H23N3O7S/c1-36-26-17-14-21(30(32)33)18-25(26)28-27(31)19-29(38(34,35)24-10-6-3-7-11-24)20-12-15-23(16-13-20)37-22-8-4-2-5-9-22/h2-18H,19H2,1H3,(H,28,31). The van der Waals surface area contributed by atoms with E-state index >= 15 is 0 Å². The molecule has 0 saturated carbocycles. The van der Waals surface area contributed by atoms with Crippen molar-refractivity contribution < 1.29 is 27.6 Å². The Morgan fingerprint density at radius 1 is 0.895 bits per heavy atom. The van der Waals surface area contributed by atoms with Crippen molar-refractivity contribution in [2.24, 2.45) is 0 Å². The Kier molecular flexibility index (Phi) is 7.88. The molecule has 4 aromatic rings. The molecule has 4 rings (SSSR count). The number of methoxy groups -OCH3 is 1. The van der Waals surface area contributed by atoms with Crippen molar-refractivity contribution in [3.8, 4) is 17.2 Å². The van der Waals surface area contributed by atoms with Crippen molar-refractivity contribution in [3.63, 3.8) is 0 Å². The molecule has 0 spiro atoms. The highest BCUT2D eigenvalue weighted by Gasteiger charge is 2.28. The largest absolute Gasteiger partial charge is 0.495 e. The van der Waals surface area contributed by atoms with E-state index in [9.17, 15) is 23.3 Å². The summed E-state index contributed by atoms with van der Waals surface area (Å²) in [5.74, 6) is 0.541. The Labute approximate surface area is 219 Å². The maximum Gasteiger partial charge on any atom is 0.271 e. The van der Waals surface area contributed by atoms with Crippen LogP contribution >= 0.6 is 0 Å². The number of ether oxygens (including phenoxy) is 2. The zero-order valence-corrected chi connectivity index (χ0v) is 21.0. The molecule has 0 aliphatic rings. The maximum absolute atomic E-state index is 13.6. The number of non-ortho nitro benzene ring substituents is 1. The van der Waals surface area contributed by atoms with E-state index in [0.717, 1.165) is 10.4 Å². The molecule has 0 aliphatic heterocycles. The highest BCUT2D eigenvalue weighted by molar-refractivity contribution is 7.92. The van der Waals surface area contributed by atoms with E-state index in [0.29, 0.717) is 11.5 Å². The molecule has 0 aliphatic carbocycles. The van der Waals surface area contributed by atoms with Crippen molar-refractivity contribution >= 4 is 33.0 Å². The van der Waals surface area contributed by atoms with Gasteiger partial charge in [-0.05, 0) is 54.6 Å². The van der Waals surface area contributed by atoms with E-state index in [2.05, 4.69) is 5.32 Å². The number of hydrogen-bond donors (Lipinski definition) is 1. The summed E-state index contributed by atoms with van der Waals surface area (Å²) in [5, 5.41) is 13.7. The predicted octanol–water partition coefficient (Wildman–Crippen LogP) is 5.23. The number of anilines is 2. The van der Waals surface area contributed by atoms with E-state index in [4.69, 9.17) is 9.47 Å². The molecule has 1 N–H and O–H groups in total. The molecule has 0 bridgehead atoms. The second-order valence-electron chi connectivity index (χ2n) is 7.92. The molecule has 0 unspecified atom stereocenters. The average Bonchev–Trinajstić information content (AvgIpc) is 2.93. The van der Waals surface area contributed by atoms with Gasteiger partial charge >= 0.3 is 0 Å². The van der Waals surface area contributed by atoms with Gasteiger partial charge in [0, 0.05) is 12.1 Å². The summed E-state index contributed by atoms with van der Waals surface area (Å²) in [7, 11) is -2.81. The third kappa shape index (κ3) is 6.08. The lowest BCUT2D eigenvalue weighted by Gasteiger charge is -2.24. The first-order valence-electron chi connectivity index (χ1n) is 11.3. The molecule has 0 atom stereocenters. The van der Waals surface area contributed by atoms with Crippen LogP contribution in [0.3, 0.4) is 0 Å². The fraction of sp³-hybridized carbons (Fsp3) is 0.0741. The number of carbonyl (C=O) groups is 1. The minimum Gasteiger partial charge on any atom is -0.495 e. The lowest BCUT2D eigenvalue weighted by Crippen LogP contribution is -2.38. The van der Waals surface area contributed by atoms with Crippen LogP contribution in [-0.4, -0.2) is 32.9 Å². The Balaban J connectivity index is 1.64. The number of nitro benzene ring substituents is 1. The van der Waals surface area contributed by atoms with Crippen LogP contribution in [0.5, 0.6) is 17.2 Å². The Bertz CT molecular complexity index is 1530. The lowest BCUT2D eigenvalue weighted by molar-refractivity contribution is -0.384. The Morgan fingerprint density at radius 3 is 2.11 bits per heavy atom. The molecule has 11 heteroatoms. The molecule has 10 nitrogen and oxygen atoms in total. The summed E-state index contributed by atoms with van der Waals surface area (Å²) in [6.45, 7) is -0.609. The van der Waals surface area contributed by atoms with Gasteiger partial charge in [0.1, 0.15) is 23.8 Å². The Hall–Kier alpha value is -4.90. The number of nitrogens with one attached hydrogen (secondary N) is 1. The van der Waals surface area contributed by atoms with Gasteiger partial charge in [-0.1, -0.05) is 36.4 Å². The van der Waals surface area contributed by atoms with Crippen molar-refractivity contribution in [1.29, 1.82) is 0 Å². The van der Waals surface area contributed by atoms with Crippen LogP contribution in [0.2, 0.25) is 0 Å². The van der Waals surface area contributed by atoms with Crippen LogP contribution in [0.1, 0.15) is 0 Å². The number of nitro groups is 1. The number of nitrogens with zero attached hydrogens (tertiary/aromatic N) is 2. The molecule has 0 radical (unpaired) electrons. The minimum absolute atomic E-state index is 0.00894. The zero-order valence-electron chi connectivity index (χ0n) is 20.2. The van der Waals surface area contributed by atoms with E-state index in [1.165, 1.54) is 43.5 Å². The van der Waals surface area contributed by atoms with Crippen molar-refractivity contribution in [2.45, 2.75) is 4.90 Å². The number of amides is 1. The van der Waals surface area contributed by atoms with Crippen LogP contribution in [-0.2, 0) is 14.8 Å². The highest BCUT2D eigenvalue weighted by atomic mass is 32.2. The van der Waals surface area contributed by atoms with Gasteiger partial charge in [-0.2, -0.15) is 0 Å². The number of rotatable bonds is 10. The predicted molar refractivity (Wildman–Crippen MR) is 142 cm³/mol. The van der Waals surface area contributed by atoms with Gasteiger partial charge in [-0.3, -0.25) is 19.2 Å². The van der Waals surface area contributed by atoms with Gasteiger partial charge in [0.05, 0.1) is 28.3 Å². The fourth-order valence-electron chi connectivity index (χ4n) is 3.57. The van der Waals surface area contributed by atoms with Gasteiger partial charge in [-0.25, -0.2) is 8.42 Å². The number of benzene rings is 4. The molecule has 4 aromatic carbocycles. The SMILES string of the molecule is COc1ccc([N+](=O)[O-])cc1NC(=O)CN(c1ccc(Oc2ccccc2)cc1)S(=O)(=O)c1ccccc1. The van der Waals surface area contributed by atoms with E-state index in [1.54, 1.807) is 42.5 Å². The molecule has 0 aromatic heterocycles. The van der Waals surface area contributed by atoms with Crippen molar-refractivity contribution in [2.75, 3.05) is 23.3 Å². The Morgan fingerprint density at radius 2 is 1.50 bits per heavy atom. The lowest BCUT2D eigenvalue weighted by atomic mass is 10.2. The van der Waals surface area contributed by atoms with Crippen molar-refractivity contribution in [3.05, 3.63) is 113 Å². The molecule has 0 fully saturated rings. The summed E-state index contributed by atoms with van der Waals surface area (Å²) >= 11 is 0. The third-order valence-electron chi connectivity index (χ3n) is 5.39. The average molecular weight is 534 g/mol. The molecular weight excluding hydrogens is 510 g/mol. The number of carbonyl (C=O) groups excluding carboxylic acids is 1. The second kappa shape index (κ2) is 11.4. The normalized spacial score (nSPS) is 10.9. The topological polar surface area (TPSA) is 128 Å². The first-order valence-corrected chi connectivity index (χ1v) is 12.7. The van der Waals surface area contributed by atoms with E-state index < -0.39 is 27.4 Å². The van der Waals surface area contributed by atoms with Crippen LogP contribution in [0.4, 0.5) is 17.1 Å². The first kappa shape index (κ1) is 26.2. The second-order valence-corrected chi connectivity index (χ2v) is 9.79. The summed E-state index contributed by atoms with van der Waals surface area (Å²) in [4.78, 5) is 23.6. The molecule has 38 heavy (non-hydrogen) atoms. The highest BCUT2D eigenvalue weighted by Crippen LogP contribution is 2.30. The van der Waals surface area contributed by atoms with E-state index in [-0.39, 0.29) is 27.7 Å². The van der Waals surface area contributed by atoms with Gasteiger partial charge in [-0.15, -0.1) is 0 Å². The monoisotopic (exact) mass is 533 g/mol. The van der Waals surface area contributed by atoms with Crippen LogP contribution in [0.25, 0.3) is 0 Å². The van der Waals surface area contributed by atoms with Crippen LogP contribution < -0.4 is 19.1 Å². The quantitative estimate of drug-likeness (QED) is 0.218. The maximum atomic E-state index is 13.6. The van der Waals surface area contributed by atoms with Crippen LogP contribution in [0.15, 0.2) is 108 Å². The first-order chi connectivity index (χ1) is 18.3. The summed E-state index contributed by atoms with van der Waals surface area (Å²) < 4.78 is 39.0. The molecule has 0 saturated heterocycles. The summed E-state index contributed by atoms with van der Waals surface area (Å²) in [6.07, 6.45) is 0. The van der Waals surface area contributed by atoms with E-state index in [1.807, 2.05) is 18.2 Å². The number of sulfonamides is 1. The summed E-state index contributed by atoms with van der Waals surface area (Å²) in [5.41, 5.74) is -0.00495. The minimum atomic E-state index is -4.16. The molecule has 194 valence electrons. The number of para-hydroxylation sites is 1. The molecular formula is C27H23N3O7S.